The van der Waals surface area contributed by atoms with Crippen molar-refractivity contribution >= 4 is 43.6 Å². The smallest absolute Gasteiger partial charge is 0.144 e. The first-order valence-electron chi connectivity index (χ1n) is 12.3. The summed E-state index contributed by atoms with van der Waals surface area (Å²) >= 11 is 0. The van der Waals surface area contributed by atoms with Gasteiger partial charge in [-0.2, -0.15) is 0 Å². The van der Waals surface area contributed by atoms with E-state index in [1.54, 1.807) is 0 Å². The van der Waals surface area contributed by atoms with Gasteiger partial charge in [0.15, 0.2) is 0 Å². The molecule has 5 aromatic carbocycles. The lowest BCUT2D eigenvalue weighted by atomic mass is 9.96. The minimum atomic E-state index is 0.754. The number of rotatable bonds is 2. The quantitative estimate of drug-likeness (QED) is 0.240. The van der Waals surface area contributed by atoms with Crippen molar-refractivity contribution in [3.05, 3.63) is 108 Å². The van der Waals surface area contributed by atoms with Crippen LogP contribution in [0, 0.1) is 20.8 Å². The second-order valence-electron chi connectivity index (χ2n) is 9.62. The Balaban J connectivity index is 1.51. The number of hydrogen-bond donors (Lipinski definition) is 0. The summed E-state index contributed by atoms with van der Waals surface area (Å²) in [4.78, 5) is 9.85. The normalized spacial score (nSPS) is 11.8. The minimum Gasteiger partial charge on any atom is -0.455 e. The van der Waals surface area contributed by atoms with Gasteiger partial charge in [-0.15, -0.1) is 0 Å². The van der Waals surface area contributed by atoms with Gasteiger partial charge >= 0.3 is 0 Å². The SMILES string of the molecule is Cc1cc(C)c2c(ccc3c(-c4cccc5c4oc4cc(-c6ccccc6)ccc45)nc(C)nc32)c1. The number of fused-ring (bicyclic) bond motifs is 6. The molecule has 0 fully saturated rings. The molecule has 36 heavy (non-hydrogen) atoms. The molecule has 2 aromatic heterocycles. The fourth-order valence-corrected chi connectivity index (χ4v) is 5.56. The van der Waals surface area contributed by atoms with Crippen LogP contribution >= 0.6 is 0 Å². The number of para-hydroxylation sites is 1. The molecule has 0 aliphatic carbocycles. The molecule has 0 spiro atoms. The summed E-state index contributed by atoms with van der Waals surface area (Å²) in [5.74, 6) is 0.754. The minimum absolute atomic E-state index is 0.754. The summed E-state index contributed by atoms with van der Waals surface area (Å²) in [7, 11) is 0. The van der Waals surface area contributed by atoms with Crippen molar-refractivity contribution in [2.24, 2.45) is 0 Å². The summed E-state index contributed by atoms with van der Waals surface area (Å²) in [5.41, 5.74) is 9.44. The Morgan fingerprint density at radius 2 is 1.47 bits per heavy atom. The van der Waals surface area contributed by atoms with Crippen molar-refractivity contribution in [1.82, 2.24) is 9.97 Å². The van der Waals surface area contributed by atoms with Gasteiger partial charge in [-0.1, -0.05) is 72.3 Å². The number of hydrogen-bond acceptors (Lipinski definition) is 3. The Labute approximate surface area is 209 Å². The largest absolute Gasteiger partial charge is 0.455 e. The summed E-state index contributed by atoms with van der Waals surface area (Å²) in [5, 5.41) is 5.64. The van der Waals surface area contributed by atoms with Crippen molar-refractivity contribution in [3.63, 3.8) is 0 Å². The summed E-state index contributed by atoms with van der Waals surface area (Å²) in [6.07, 6.45) is 0. The molecular weight excluding hydrogens is 440 g/mol. The van der Waals surface area contributed by atoms with Crippen LogP contribution in [0.15, 0.2) is 95.4 Å². The van der Waals surface area contributed by atoms with Gasteiger partial charge in [0.2, 0.25) is 0 Å². The van der Waals surface area contributed by atoms with Crippen LogP contribution in [-0.4, -0.2) is 9.97 Å². The van der Waals surface area contributed by atoms with Crippen LogP contribution in [0.1, 0.15) is 17.0 Å². The Bertz CT molecular complexity index is 1970. The molecule has 0 saturated heterocycles. The molecule has 0 bridgehead atoms. The van der Waals surface area contributed by atoms with Gasteiger partial charge in [-0.05, 0) is 67.1 Å². The van der Waals surface area contributed by atoms with Gasteiger partial charge in [-0.25, -0.2) is 9.97 Å². The number of aromatic nitrogens is 2. The maximum Gasteiger partial charge on any atom is 0.144 e. The maximum absolute atomic E-state index is 6.56. The Kier molecular flexibility index (Phi) is 4.49. The van der Waals surface area contributed by atoms with Gasteiger partial charge in [0.05, 0.1) is 11.2 Å². The van der Waals surface area contributed by atoms with Gasteiger partial charge in [0, 0.05) is 27.1 Å². The lowest BCUT2D eigenvalue weighted by Gasteiger charge is -2.12. The molecule has 0 unspecified atom stereocenters. The highest BCUT2D eigenvalue weighted by molar-refractivity contribution is 6.15. The number of nitrogens with zero attached hydrogens (tertiary/aromatic N) is 2. The van der Waals surface area contributed by atoms with Crippen LogP contribution in [-0.2, 0) is 0 Å². The molecule has 7 rings (SSSR count). The van der Waals surface area contributed by atoms with Crippen LogP contribution < -0.4 is 0 Å². The standard InChI is InChI=1S/C33H24N2O/c1-19-16-20(2)30-24(17-19)13-15-27-31(34-21(3)35-32(27)30)28-11-7-10-26-25-14-12-23(18-29(25)36-33(26)28)22-8-5-4-6-9-22/h4-18H,1-3H3. The van der Waals surface area contributed by atoms with Crippen molar-refractivity contribution in [3.8, 4) is 22.4 Å². The van der Waals surface area contributed by atoms with Crippen molar-refractivity contribution < 1.29 is 4.42 Å². The third-order valence-corrected chi connectivity index (χ3v) is 7.10. The lowest BCUT2D eigenvalue weighted by Crippen LogP contribution is -1.96. The second-order valence-corrected chi connectivity index (χ2v) is 9.62. The molecular formula is C33H24N2O. The van der Waals surface area contributed by atoms with Crippen LogP contribution in [0.5, 0.6) is 0 Å². The van der Waals surface area contributed by atoms with Crippen molar-refractivity contribution in [1.29, 1.82) is 0 Å². The van der Waals surface area contributed by atoms with E-state index in [2.05, 4.69) is 98.8 Å². The van der Waals surface area contributed by atoms with E-state index in [-0.39, 0.29) is 0 Å². The molecule has 0 N–H and O–H groups in total. The molecule has 7 aromatic rings. The zero-order chi connectivity index (χ0) is 24.4. The van der Waals surface area contributed by atoms with Crippen molar-refractivity contribution in [2.45, 2.75) is 20.8 Å². The molecule has 0 saturated carbocycles. The monoisotopic (exact) mass is 464 g/mol. The summed E-state index contributed by atoms with van der Waals surface area (Å²) < 4.78 is 6.56. The fraction of sp³-hybridized carbons (Fsp3) is 0.0909. The van der Waals surface area contributed by atoms with Crippen LogP contribution in [0.4, 0.5) is 0 Å². The number of aryl methyl sites for hydroxylation is 3. The number of benzene rings is 5. The van der Waals surface area contributed by atoms with E-state index in [9.17, 15) is 0 Å². The van der Waals surface area contributed by atoms with E-state index in [1.807, 2.05) is 13.0 Å². The number of furan rings is 1. The molecule has 0 amide bonds. The predicted molar refractivity (Wildman–Crippen MR) is 149 cm³/mol. The van der Waals surface area contributed by atoms with E-state index in [0.717, 1.165) is 55.5 Å². The van der Waals surface area contributed by atoms with Gasteiger partial charge < -0.3 is 4.42 Å². The second kappa shape index (κ2) is 7.76. The zero-order valence-electron chi connectivity index (χ0n) is 20.5. The van der Waals surface area contributed by atoms with Crippen LogP contribution in [0.25, 0.3) is 66.0 Å². The Morgan fingerprint density at radius 1 is 0.639 bits per heavy atom. The van der Waals surface area contributed by atoms with E-state index in [0.29, 0.717) is 0 Å². The highest BCUT2D eigenvalue weighted by atomic mass is 16.3. The van der Waals surface area contributed by atoms with E-state index >= 15 is 0 Å². The first-order valence-corrected chi connectivity index (χ1v) is 12.3. The average molecular weight is 465 g/mol. The molecule has 3 nitrogen and oxygen atoms in total. The molecule has 0 aliphatic rings. The van der Waals surface area contributed by atoms with Crippen LogP contribution in [0.2, 0.25) is 0 Å². The molecule has 3 heteroatoms. The van der Waals surface area contributed by atoms with Gasteiger partial charge in [0.25, 0.3) is 0 Å². The highest BCUT2D eigenvalue weighted by Crippen LogP contribution is 2.40. The highest BCUT2D eigenvalue weighted by Gasteiger charge is 2.18. The van der Waals surface area contributed by atoms with Gasteiger partial charge in [0.1, 0.15) is 17.0 Å². The molecule has 0 atom stereocenters. The Morgan fingerprint density at radius 3 is 2.33 bits per heavy atom. The zero-order valence-corrected chi connectivity index (χ0v) is 20.5. The molecule has 0 aliphatic heterocycles. The Hall–Kier alpha value is -4.50. The third kappa shape index (κ3) is 3.13. The summed E-state index contributed by atoms with van der Waals surface area (Å²) in [6.45, 7) is 6.27. The van der Waals surface area contributed by atoms with E-state index in [1.165, 1.54) is 27.5 Å². The molecule has 172 valence electrons. The fourth-order valence-electron chi connectivity index (χ4n) is 5.56. The topological polar surface area (TPSA) is 38.9 Å². The summed E-state index contributed by atoms with van der Waals surface area (Å²) in [6, 6.07) is 32.0. The maximum atomic E-state index is 6.56. The lowest BCUT2D eigenvalue weighted by molar-refractivity contribution is 0.670. The third-order valence-electron chi connectivity index (χ3n) is 7.10. The van der Waals surface area contributed by atoms with E-state index in [4.69, 9.17) is 14.4 Å². The predicted octanol–water partition coefficient (Wildman–Crippen LogP) is 8.94. The average Bonchev–Trinajstić information content (AvgIpc) is 3.26. The van der Waals surface area contributed by atoms with E-state index < -0.39 is 0 Å². The van der Waals surface area contributed by atoms with Gasteiger partial charge in [-0.3, -0.25) is 0 Å². The van der Waals surface area contributed by atoms with Crippen LogP contribution in [0.3, 0.4) is 0 Å². The first-order chi connectivity index (χ1) is 17.6. The first kappa shape index (κ1) is 20.8. The molecule has 0 radical (unpaired) electrons. The van der Waals surface area contributed by atoms with Crippen molar-refractivity contribution in [2.75, 3.05) is 0 Å². The molecule has 2 heterocycles.